The van der Waals surface area contributed by atoms with Crippen molar-refractivity contribution in [2.24, 2.45) is 0 Å². The molecule has 34 heavy (non-hydrogen) atoms. The van der Waals surface area contributed by atoms with E-state index in [2.05, 4.69) is 15.2 Å². The number of aliphatic hydroxyl groups excluding tert-OH is 4. The van der Waals surface area contributed by atoms with Crippen LogP contribution in [-0.4, -0.2) is 58.8 Å². The Hall–Kier alpha value is -3.58. The normalized spacial score (nSPS) is 14.7. The van der Waals surface area contributed by atoms with Crippen LogP contribution in [0.25, 0.3) is 5.65 Å². The second-order valence-electron chi connectivity index (χ2n) is 7.38. The van der Waals surface area contributed by atoms with Crippen molar-refractivity contribution in [2.45, 2.75) is 24.5 Å². The summed E-state index contributed by atoms with van der Waals surface area (Å²) in [6.07, 6.45) is -10.3. The third kappa shape index (κ3) is 4.43. The average Bonchev–Trinajstić information content (AvgIpc) is 3.28. The third-order valence-electron chi connectivity index (χ3n) is 5.09. The van der Waals surface area contributed by atoms with Gasteiger partial charge in [-0.25, -0.2) is 9.38 Å². The van der Waals surface area contributed by atoms with Crippen LogP contribution in [0, 0.1) is 0 Å². The molecule has 0 aliphatic carbocycles. The molecule has 9 nitrogen and oxygen atoms in total. The summed E-state index contributed by atoms with van der Waals surface area (Å²) in [5.74, 6) is -0.685. The molecule has 2 heterocycles. The lowest BCUT2D eigenvalue weighted by Crippen LogP contribution is -2.35. The predicted molar refractivity (Wildman–Crippen MR) is 115 cm³/mol. The number of aliphatic hydroxyl groups is 4. The second-order valence-corrected chi connectivity index (χ2v) is 7.38. The summed E-state index contributed by atoms with van der Waals surface area (Å²) in [5, 5.41) is 47.2. The summed E-state index contributed by atoms with van der Waals surface area (Å²) < 4.78 is 42.2. The Morgan fingerprint density at radius 2 is 1.44 bits per heavy atom. The SMILES string of the molecule is OC[C@@H](O)[C@@H](O)[C@H](O)c1nnc2cc(C(F)(F)F)nc(N(c3ccccc3)c3ccccc3)n12. The number of rotatable bonds is 7. The van der Waals surface area contributed by atoms with Crippen LogP contribution in [0.1, 0.15) is 17.6 Å². The summed E-state index contributed by atoms with van der Waals surface area (Å²) in [6.45, 7) is -0.863. The summed E-state index contributed by atoms with van der Waals surface area (Å²) in [5.41, 5.74) is -0.635. The lowest BCUT2D eigenvalue weighted by atomic mass is 10.1. The average molecular weight is 475 g/mol. The minimum absolute atomic E-state index is 0.297. The fourth-order valence-corrected chi connectivity index (χ4v) is 3.41. The van der Waals surface area contributed by atoms with E-state index in [4.69, 9.17) is 5.11 Å². The van der Waals surface area contributed by atoms with Gasteiger partial charge in [0.15, 0.2) is 17.2 Å². The van der Waals surface area contributed by atoms with E-state index in [1.807, 2.05) is 0 Å². The first-order valence-corrected chi connectivity index (χ1v) is 10.1. The number of benzene rings is 2. The van der Waals surface area contributed by atoms with Gasteiger partial charge in [-0.1, -0.05) is 36.4 Å². The minimum Gasteiger partial charge on any atom is -0.394 e. The summed E-state index contributed by atoms with van der Waals surface area (Å²) >= 11 is 0. The molecule has 178 valence electrons. The van der Waals surface area contributed by atoms with E-state index in [9.17, 15) is 28.5 Å². The van der Waals surface area contributed by atoms with Gasteiger partial charge in [0.05, 0.1) is 6.61 Å². The maximum Gasteiger partial charge on any atom is 0.433 e. The van der Waals surface area contributed by atoms with Gasteiger partial charge in [0, 0.05) is 17.4 Å². The zero-order valence-electron chi connectivity index (χ0n) is 17.4. The van der Waals surface area contributed by atoms with Gasteiger partial charge in [0.25, 0.3) is 0 Å². The highest BCUT2D eigenvalue weighted by atomic mass is 19.4. The van der Waals surface area contributed by atoms with E-state index in [-0.39, 0.29) is 17.4 Å². The third-order valence-corrected chi connectivity index (χ3v) is 5.09. The van der Waals surface area contributed by atoms with Crippen LogP contribution < -0.4 is 4.90 Å². The zero-order chi connectivity index (χ0) is 24.5. The molecule has 0 saturated heterocycles. The molecule has 0 spiro atoms. The Balaban J connectivity index is 2.02. The Labute approximate surface area is 191 Å². The van der Waals surface area contributed by atoms with Crippen LogP contribution in [0.3, 0.4) is 0 Å². The van der Waals surface area contributed by atoms with E-state index >= 15 is 0 Å². The van der Waals surface area contributed by atoms with E-state index in [0.29, 0.717) is 17.4 Å². The van der Waals surface area contributed by atoms with Crippen molar-refractivity contribution < 1.29 is 33.6 Å². The minimum atomic E-state index is -4.81. The largest absolute Gasteiger partial charge is 0.433 e. The molecule has 0 bridgehead atoms. The summed E-state index contributed by atoms with van der Waals surface area (Å²) in [6, 6.07) is 17.5. The quantitative estimate of drug-likeness (QED) is 0.321. The maximum atomic E-state index is 13.7. The van der Waals surface area contributed by atoms with Gasteiger partial charge < -0.3 is 20.4 Å². The van der Waals surface area contributed by atoms with Crippen molar-refractivity contribution in [3.63, 3.8) is 0 Å². The first-order valence-electron chi connectivity index (χ1n) is 10.1. The maximum absolute atomic E-state index is 13.7. The highest BCUT2D eigenvalue weighted by Gasteiger charge is 2.37. The lowest BCUT2D eigenvalue weighted by Gasteiger charge is -2.27. The predicted octanol–water partition coefficient (Wildman–Crippen LogP) is 2.36. The number of halogens is 3. The van der Waals surface area contributed by atoms with Gasteiger partial charge in [0.2, 0.25) is 5.95 Å². The second kappa shape index (κ2) is 9.35. The first kappa shape index (κ1) is 23.6. The highest BCUT2D eigenvalue weighted by Crippen LogP contribution is 2.37. The van der Waals surface area contributed by atoms with E-state index < -0.39 is 36.8 Å². The molecule has 3 atom stereocenters. The highest BCUT2D eigenvalue weighted by molar-refractivity contribution is 5.74. The van der Waals surface area contributed by atoms with Crippen molar-refractivity contribution >= 4 is 23.0 Å². The smallest absolute Gasteiger partial charge is 0.394 e. The van der Waals surface area contributed by atoms with Gasteiger partial charge in [0.1, 0.15) is 18.3 Å². The van der Waals surface area contributed by atoms with Crippen LogP contribution in [0.5, 0.6) is 0 Å². The van der Waals surface area contributed by atoms with Gasteiger partial charge in [-0.15, -0.1) is 10.2 Å². The van der Waals surface area contributed by atoms with E-state index in [0.717, 1.165) is 4.40 Å². The number of hydrogen-bond acceptors (Lipinski definition) is 8. The Bertz CT molecular complexity index is 1210. The Kier molecular flexibility index (Phi) is 6.48. The number of anilines is 3. The molecule has 2 aromatic carbocycles. The Morgan fingerprint density at radius 3 is 1.94 bits per heavy atom. The van der Waals surface area contributed by atoms with Gasteiger partial charge in [-0.3, -0.25) is 4.90 Å². The van der Waals surface area contributed by atoms with Crippen molar-refractivity contribution in [3.8, 4) is 0 Å². The van der Waals surface area contributed by atoms with Gasteiger partial charge in [-0.2, -0.15) is 13.2 Å². The monoisotopic (exact) mass is 475 g/mol. The number of aromatic nitrogens is 4. The molecule has 12 heteroatoms. The van der Waals surface area contributed by atoms with Crippen LogP contribution in [-0.2, 0) is 6.18 Å². The van der Waals surface area contributed by atoms with Gasteiger partial charge in [-0.05, 0) is 24.3 Å². The fraction of sp³-hybridized carbons (Fsp3) is 0.227. The number of fused-ring (bicyclic) bond motifs is 1. The molecule has 2 aromatic heterocycles. The summed E-state index contributed by atoms with van der Waals surface area (Å²) in [4.78, 5) is 5.26. The van der Waals surface area contributed by atoms with E-state index in [1.165, 1.54) is 4.90 Å². The molecule has 0 amide bonds. The topological polar surface area (TPSA) is 127 Å². The number of para-hydroxylation sites is 2. The van der Waals surface area contributed by atoms with Gasteiger partial charge >= 0.3 is 6.18 Å². The van der Waals surface area contributed by atoms with Crippen LogP contribution in [0.15, 0.2) is 66.7 Å². The molecular formula is C22H20F3N5O4. The molecule has 0 fully saturated rings. The molecule has 0 saturated carbocycles. The number of nitrogens with zero attached hydrogens (tertiary/aromatic N) is 5. The first-order chi connectivity index (χ1) is 16.2. The molecule has 0 radical (unpaired) electrons. The number of hydrogen-bond donors (Lipinski definition) is 4. The lowest BCUT2D eigenvalue weighted by molar-refractivity contribution is -0.141. The van der Waals surface area contributed by atoms with Crippen molar-refractivity contribution in [1.29, 1.82) is 0 Å². The molecule has 0 aliphatic rings. The van der Waals surface area contributed by atoms with Crippen LogP contribution in [0.4, 0.5) is 30.5 Å². The van der Waals surface area contributed by atoms with Crippen LogP contribution >= 0.6 is 0 Å². The summed E-state index contributed by atoms with van der Waals surface area (Å²) in [7, 11) is 0. The van der Waals surface area contributed by atoms with Crippen molar-refractivity contribution in [2.75, 3.05) is 11.5 Å². The zero-order valence-corrected chi connectivity index (χ0v) is 17.4. The molecule has 4 aromatic rings. The molecule has 0 unspecified atom stereocenters. The molecule has 0 aliphatic heterocycles. The standard InChI is InChI=1S/C22H20F3N5O4/c23-22(24,25)16-11-17-27-28-20(19(34)18(33)15(32)12-31)30(17)21(26-16)29(13-7-3-1-4-8-13)14-9-5-2-6-10-14/h1-11,15,18-19,31-34H,12H2/t15-,18-,19+/m1/s1. The van der Waals surface area contributed by atoms with E-state index in [1.54, 1.807) is 60.7 Å². The van der Waals surface area contributed by atoms with Crippen LogP contribution in [0.2, 0.25) is 0 Å². The molecule has 4 rings (SSSR count). The molecular weight excluding hydrogens is 455 g/mol. The Morgan fingerprint density at radius 1 is 0.882 bits per heavy atom. The fourth-order valence-electron chi connectivity index (χ4n) is 3.41. The molecule has 4 N–H and O–H groups in total. The number of alkyl halides is 3. The van der Waals surface area contributed by atoms with Crippen molar-refractivity contribution in [3.05, 3.63) is 78.2 Å². The van der Waals surface area contributed by atoms with Crippen molar-refractivity contribution in [1.82, 2.24) is 19.6 Å².